The zero-order valence-electron chi connectivity index (χ0n) is 19.8. The molecule has 33 heavy (non-hydrogen) atoms. The fourth-order valence-electron chi connectivity index (χ4n) is 6.45. The number of piperazine rings is 1. The molecule has 3 heterocycles. The Hall–Kier alpha value is -2.37. The largest absolute Gasteiger partial charge is 0.495 e. The highest BCUT2D eigenvalue weighted by Crippen LogP contribution is 2.40. The van der Waals surface area contributed by atoms with Gasteiger partial charge in [-0.05, 0) is 49.8 Å². The molecule has 0 aliphatic carbocycles. The molecule has 3 saturated heterocycles. The molecule has 0 N–H and O–H groups in total. The van der Waals surface area contributed by atoms with Crippen molar-refractivity contribution in [3.63, 3.8) is 0 Å². The van der Waals surface area contributed by atoms with Crippen LogP contribution in [0.3, 0.4) is 0 Å². The Balaban J connectivity index is 1.35. The summed E-state index contributed by atoms with van der Waals surface area (Å²) in [7, 11) is 1.75. The minimum absolute atomic E-state index is 0.0511. The van der Waals surface area contributed by atoms with E-state index in [1.165, 1.54) is 44.1 Å². The molecule has 3 fully saturated rings. The van der Waals surface area contributed by atoms with Crippen molar-refractivity contribution < 1.29 is 9.53 Å². The number of carbonyl (C=O) groups is 1. The van der Waals surface area contributed by atoms with Crippen LogP contribution in [0.25, 0.3) is 0 Å². The van der Waals surface area contributed by atoms with Crippen molar-refractivity contribution >= 4 is 12.0 Å². The summed E-state index contributed by atoms with van der Waals surface area (Å²) in [4.78, 5) is 20.2. The summed E-state index contributed by atoms with van der Waals surface area (Å²) in [5, 5.41) is 0. The van der Waals surface area contributed by atoms with E-state index in [1.54, 1.807) is 7.11 Å². The lowest BCUT2D eigenvalue weighted by atomic mass is 9.92. The summed E-state index contributed by atoms with van der Waals surface area (Å²) in [5.41, 5.74) is 2.33. The van der Waals surface area contributed by atoms with Crippen molar-refractivity contribution in [3.05, 3.63) is 60.2 Å². The van der Waals surface area contributed by atoms with Gasteiger partial charge in [-0.25, -0.2) is 0 Å². The average Bonchev–Trinajstić information content (AvgIpc) is 3.12. The summed E-state index contributed by atoms with van der Waals surface area (Å²) in [6, 6.07) is 20.1. The van der Waals surface area contributed by atoms with Gasteiger partial charge in [-0.3, -0.25) is 9.80 Å². The Morgan fingerprint density at radius 1 is 0.909 bits per heavy atom. The second-order valence-electron chi connectivity index (χ2n) is 9.83. The molecular weight excluding hydrogens is 410 g/mol. The fourth-order valence-corrected chi connectivity index (χ4v) is 6.45. The van der Waals surface area contributed by atoms with Gasteiger partial charge in [0.1, 0.15) is 12.0 Å². The van der Waals surface area contributed by atoms with E-state index in [0.717, 1.165) is 43.9 Å². The number of hydrogen-bond acceptors (Lipinski definition) is 5. The van der Waals surface area contributed by atoms with Crippen molar-refractivity contribution in [2.75, 3.05) is 38.2 Å². The maximum absolute atomic E-state index is 12.2. The number of methoxy groups -OCH3 is 1. The normalized spacial score (nSPS) is 25.5. The van der Waals surface area contributed by atoms with Crippen LogP contribution < -0.4 is 9.64 Å². The van der Waals surface area contributed by atoms with Gasteiger partial charge in [-0.15, -0.1) is 0 Å². The number of rotatable bonds is 8. The third kappa shape index (κ3) is 4.67. The van der Waals surface area contributed by atoms with E-state index in [-0.39, 0.29) is 5.92 Å². The monoisotopic (exact) mass is 447 g/mol. The molecule has 4 atom stereocenters. The molecular formula is C28H37N3O2. The van der Waals surface area contributed by atoms with Crippen LogP contribution in [0.2, 0.25) is 0 Å². The van der Waals surface area contributed by atoms with Gasteiger partial charge in [-0.1, -0.05) is 48.9 Å². The Bertz CT molecular complexity index is 896. The zero-order chi connectivity index (χ0) is 22.6. The van der Waals surface area contributed by atoms with E-state index < -0.39 is 0 Å². The molecule has 2 aromatic rings. The molecule has 0 radical (unpaired) electrons. The van der Waals surface area contributed by atoms with E-state index in [9.17, 15) is 4.79 Å². The Morgan fingerprint density at radius 3 is 2.24 bits per heavy atom. The lowest BCUT2D eigenvalue weighted by molar-refractivity contribution is -0.110. The smallest absolute Gasteiger partial charge is 0.142 e. The van der Waals surface area contributed by atoms with Crippen LogP contribution in [0.5, 0.6) is 5.75 Å². The maximum atomic E-state index is 12.2. The summed E-state index contributed by atoms with van der Waals surface area (Å²) in [6.45, 7) is 3.99. The number of anilines is 1. The molecule has 5 nitrogen and oxygen atoms in total. The van der Waals surface area contributed by atoms with Gasteiger partial charge in [0, 0.05) is 44.2 Å². The average molecular weight is 448 g/mol. The van der Waals surface area contributed by atoms with Gasteiger partial charge in [-0.2, -0.15) is 0 Å². The maximum Gasteiger partial charge on any atom is 0.142 e. The number of para-hydroxylation sites is 2. The molecule has 5 rings (SSSR count). The number of ether oxygens (including phenoxy) is 1. The van der Waals surface area contributed by atoms with Crippen LogP contribution in [0.4, 0.5) is 5.69 Å². The lowest BCUT2D eigenvalue weighted by Crippen LogP contribution is -2.59. The molecule has 3 aliphatic heterocycles. The molecule has 176 valence electrons. The highest BCUT2D eigenvalue weighted by atomic mass is 16.5. The Morgan fingerprint density at radius 2 is 1.58 bits per heavy atom. The van der Waals surface area contributed by atoms with Crippen molar-refractivity contribution in [2.45, 2.75) is 62.7 Å². The summed E-state index contributed by atoms with van der Waals surface area (Å²) < 4.78 is 5.62. The second kappa shape index (κ2) is 10.3. The predicted octanol–water partition coefficient (Wildman–Crippen LogP) is 4.53. The molecule has 4 unspecified atom stereocenters. The quantitative estimate of drug-likeness (QED) is 0.556. The van der Waals surface area contributed by atoms with E-state index in [1.807, 2.05) is 18.2 Å². The van der Waals surface area contributed by atoms with E-state index in [2.05, 4.69) is 51.1 Å². The van der Waals surface area contributed by atoms with Crippen molar-refractivity contribution in [3.8, 4) is 5.75 Å². The molecule has 0 aromatic heterocycles. The lowest BCUT2D eigenvalue weighted by Gasteiger charge is -2.49. The first-order valence-electron chi connectivity index (χ1n) is 12.7. The Labute approximate surface area is 198 Å². The minimum Gasteiger partial charge on any atom is -0.495 e. The van der Waals surface area contributed by atoms with Gasteiger partial charge in [0.25, 0.3) is 0 Å². The number of aldehydes is 1. The topological polar surface area (TPSA) is 36.0 Å². The summed E-state index contributed by atoms with van der Waals surface area (Å²) >= 11 is 0. The highest BCUT2D eigenvalue weighted by Gasteiger charge is 2.43. The first-order chi connectivity index (χ1) is 16.3. The van der Waals surface area contributed by atoms with Gasteiger partial charge in [0.2, 0.25) is 0 Å². The zero-order valence-corrected chi connectivity index (χ0v) is 19.8. The van der Waals surface area contributed by atoms with Crippen molar-refractivity contribution in [1.82, 2.24) is 9.80 Å². The van der Waals surface area contributed by atoms with Crippen LogP contribution in [-0.4, -0.2) is 67.6 Å². The minimum atomic E-state index is -0.0511. The SMILES string of the molecule is COc1ccccc1N1CCN(C(CC(C=O)c2ccccc2)N2C3CCCC2CC3)CC1. The number of nitrogens with zero attached hydrogens (tertiary/aromatic N) is 3. The van der Waals surface area contributed by atoms with Crippen LogP contribution in [-0.2, 0) is 4.79 Å². The molecule has 0 spiro atoms. The summed E-state index contributed by atoms with van der Waals surface area (Å²) in [5.74, 6) is 0.895. The number of piperidine rings is 1. The molecule has 0 saturated carbocycles. The first-order valence-corrected chi connectivity index (χ1v) is 12.7. The molecule has 5 heteroatoms. The van der Waals surface area contributed by atoms with E-state index >= 15 is 0 Å². The molecule has 3 aliphatic rings. The first kappa shape index (κ1) is 22.4. The number of carbonyl (C=O) groups excluding carboxylic acids is 1. The fraction of sp³-hybridized carbons (Fsp3) is 0.536. The van der Waals surface area contributed by atoms with Gasteiger partial charge >= 0.3 is 0 Å². The molecule has 2 aromatic carbocycles. The standard InChI is InChI=1S/C28H37N3O2/c1-33-27-13-6-5-12-26(27)29-16-18-30(19-17-29)28(31-24-10-7-11-25(31)15-14-24)20-23(21-32)22-8-3-2-4-9-22/h2-6,8-9,12-13,21,23-25,28H,7,10-11,14-20H2,1H3. The third-order valence-corrected chi connectivity index (χ3v) is 8.11. The van der Waals surface area contributed by atoms with E-state index in [4.69, 9.17) is 4.74 Å². The Kier molecular flexibility index (Phi) is 6.98. The van der Waals surface area contributed by atoms with Crippen molar-refractivity contribution in [1.29, 1.82) is 0 Å². The van der Waals surface area contributed by atoms with Crippen molar-refractivity contribution in [2.24, 2.45) is 0 Å². The van der Waals surface area contributed by atoms with Crippen LogP contribution in [0, 0.1) is 0 Å². The van der Waals surface area contributed by atoms with E-state index in [0.29, 0.717) is 18.2 Å². The van der Waals surface area contributed by atoms with Crippen LogP contribution >= 0.6 is 0 Å². The van der Waals surface area contributed by atoms with Gasteiger partial charge < -0.3 is 14.4 Å². The molecule has 2 bridgehead atoms. The summed E-state index contributed by atoms with van der Waals surface area (Å²) in [6.07, 6.45) is 9.01. The van der Waals surface area contributed by atoms with Gasteiger partial charge in [0.15, 0.2) is 0 Å². The van der Waals surface area contributed by atoms with Gasteiger partial charge in [0.05, 0.1) is 19.0 Å². The van der Waals surface area contributed by atoms with Crippen LogP contribution in [0.1, 0.15) is 50.0 Å². The third-order valence-electron chi connectivity index (χ3n) is 8.11. The predicted molar refractivity (Wildman–Crippen MR) is 133 cm³/mol. The second-order valence-corrected chi connectivity index (χ2v) is 9.83. The number of hydrogen-bond donors (Lipinski definition) is 0. The highest BCUT2D eigenvalue weighted by molar-refractivity contribution is 5.62. The number of benzene rings is 2. The number of fused-ring (bicyclic) bond motifs is 2. The van der Waals surface area contributed by atoms with Crippen LogP contribution in [0.15, 0.2) is 54.6 Å². The molecule has 0 amide bonds.